The van der Waals surface area contributed by atoms with Crippen molar-refractivity contribution in [3.8, 4) is 0 Å². The molecule has 0 aliphatic heterocycles. The average Bonchev–Trinajstić information content (AvgIpc) is 2.72. The SMILES string of the molecule is CCC1=C(OCCCCN)C=CC(O)C(c2ccc(F)cc2)C1. The van der Waals surface area contributed by atoms with E-state index in [2.05, 4.69) is 6.92 Å². The lowest BCUT2D eigenvalue weighted by Crippen LogP contribution is -2.16. The Morgan fingerprint density at radius 3 is 2.65 bits per heavy atom. The summed E-state index contributed by atoms with van der Waals surface area (Å²) in [6.45, 7) is 3.40. The fraction of sp³-hybridized carbons (Fsp3) is 0.474. The number of unbranched alkanes of at least 4 members (excludes halogenated alkanes) is 1. The highest BCUT2D eigenvalue weighted by Gasteiger charge is 2.24. The molecule has 1 aromatic rings. The zero-order valence-corrected chi connectivity index (χ0v) is 13.7. The molecule has 2 rings (SSSR count). The average molecular weight is 319 g/mol. The largest absolute Gasteiger partial charge is 0.494 e. The first-order chi connectivity index (χ1) is 11.2. The predicted molar refractivity (Wildman–Crippen MR) is 90.5 cm³/mol. The van der Waals surface area contributed by atoms with E-state index >= 15 is 0 Å². The summed E-state index contributed by atoms with van der Waals surface area (Å²) >= 11 is 0. The molecule has 0 saturated heterocycles. The Labute approximate surface area is 137 Å². The van der Waals surface area contributed by atoms with Crippen LogP contribution in [-0.2, 0) is 4.74 Å². The van der Waals surface area contributed by atoms with Crippen molar-refractivity contribution in [3.05, 3.63) is 59.1 Å². The highest BCUT2D eigenvalue weighted by atomic mass is 19.1. The van der Waals surface area contributed by atoms with Gasteiger partial charge < -0.3 is 15.6 Å². The van der Waals surface area contributed by atoms with Crippen LogP contribution < -0.4 is 5.73 Å². The number of rotatable bonds is 7. The van der Waals surface area contributed by atoms with Crippen molar-refractivity contribution in [2.24, 2.45) is 5.73 Å². The first-order valence-corrected chi connectivity index (χ1v) is 8.32. The van der Waals surface area contributed by atoms with Gasteiger partial charge in [0.2, 0.25) is 0 Å². The van der Waals surface area contributed by atoms with Crippen molar-refractivity contribution < 1.29 is 14.2 Å². The number of hydrogen-bond donors (Lipinski definition) is 2. The van der Waals surface area contributed by atoms with Crippen LogP contribution in [-0.4, -0.2) is 24.4 Å². The summed E-state index contributed by atoms with van der Waals surface area (Å²) in [6, 6.07) is 6.38. The van der Waals surface area contributed by atoms with Crippen LogP contribution >= 0.6 is 0 Å². The van der Waals surface area contributed by atoms with Crippen LogP contribution in [0, 0.1) is 5.82 Å². The second-order valence-corrected chi connectivity index (χ2v) is 5.88. The van der Waals surface area contributed by atoms with Crippen LogP contribution in [0.1, 0.15) is 44.1 Å². The molecular formula is C19H26FNO2. The van der Waals surface area contributed by atoms with Crippen molar-refractivity contribution in [3.63, 3.8) is 0 Å². The Bertz CT molecular complexity index is 551. The maximum absolute atomic E-state index is 13.1. The van der Waals surface area contributed by atoms with Gasteiger partial charge in [0.05, 0.1) is 12.7 Å². The van der Waals surface area contributed by atoms with Gasteiger partial charge in [0.25, 0.3) is 0 Å². The van der Waals surface area contributed by atoms with Gasteiger partial charge in [0, 0.05) is 5.92 Å². The van der Waals surface area contributed by atoms with Crippen LogP contribution in [0.4, 0.5) is 4.39 Å². The molecular weight excluding hydrogens is 293 g/mol. The number of halogens is 1. The summed E-state index contributed by atoms with van der Waals surface area (Å²) in [4.78, 5) is 0. The number of hydrogen-bond acceptors (Lipinski definition) is 3. The summed E-state index contributed by atoms with van der Waals surface area (Å²) in [5.74, 6) is 0.516. The molecule has 1 aliphatic rings. The van der Waals surface area contributed by atoms with Crippen LogP contribution in [0.15, 0.2) is 47.7 Å². The van der Waals surface area contributed by atoms with E-state index in [0.717, 1.165) is 30.6 Å². The fourth-order valence-electron chi connectivity index (χ4n) is 2.85. The number of allylic oxidation sites excluding steroid dienone is 2. The zero-order chi connectivity index (χ0) is 16.7. The standard InChI is InChI=1S/C19H26FNO2/c1-2-14-13-17(15-5-7-16(20)8-6-15)18(22)9-10-19(14)23-12-4-3-11-21/h5-10,17-18,22H,2-4,11-13,21H2,1H3. The van der Waals surface area contributed by atoms with Gasteiger partial charge in [-0.3, -0.25) is 0 Å². The van der Waals surface area contributed by atoms with Crippen molar-refractivity contribution in [1.29, 1.82) is 0 Å². The van der Waals surface area contributed by atoms with Gasteiger partial charge in [-0.25, -0.2) is 4.39 Å². The molecule has 0 spiro atoms. The molecule has 3 nitrogen and oxygen atoms in total. The number of ether oxygens (including phenoxy) is 1. The molecule has 0 amide bonds. The summed E-state index contributed by atoms with van der Waals surface area (Å²) in [6.07, 6.45) is 6.48. The molecule has 2 unspecified atom stereocenters. The normalized spacial score (nSPS) is 21.4. The third-order valence-corrected chi connectivity index (χ3v) is 4.25. The van der Waals surface area contributed by atoms with Crippen molar-refractivity contribution >= 4 is 0 Å². The first-order valence-electron chi connectivity index (χ1n) is 8.32. The molecule has 0 fully saturated rings. The Hall–Kier alpha value is -1.65. The molecule has 3 N–H and O–H groups in total. The molecule has 4 heteroatoms. The second kappa shape index (κ2) is 8.85. The highest BCUT2D eigenvalue weighted by Crippen LogP contribution is 2.34. The quantitative estimate of drug-likeness (QED) is 0.754. The Kier molecular flexibility index (Phi) is 6.81. The molecule has 0 aromatic heterocycles. The Morgan fingerprint density at radius 2 is 2.00 bits per heavy atom. The van der Waals surface area contributed by atoms with Crippen LogP contribution in [0.3, 0.4) is 0 Å². The number of nitrogens with two attached hydrogens (primary N) is 1. The molecule has 0 radical (unpaired) electrons. The molecule has 2 atom stereocenters. The predicted octanol–water partition coefficient (Wildman–Crippen LogP) is 3.65. The van der Waals surface area contributed by atoms with E-state index < -0.39 is 6.10 Å². The molecule has 1 aliphatic carbocycles. The maximum Gasteiger partial charge on any atom is 0.123 e. The molecule has 0 saturated carbocycles. The van der Waals surface area contributed by atoms with Crippen molar-refractivity contribution in [2.45, 2.75) is 44.6 Å². The van der Waals surface area contributed by atoms with Gasteiger partial charge in [-0.2, -0.15) is 0 Å². The van der Waals surface area contributed by atoms with E-state index in [-0.39, 0.29) is 11.7 Å². The maximum atomic E-state index is 13.1. The second-order valence-electron chi connectivity index (χ2n) is 5.88. The van der Waals surface area contributed by atoms with Crippen LogP contribution in [0.5, 0.6) is 0 Å². The minimum absolute atomic E-state index is 0.0769. The van der Waals surface area contributed by atoms with Gasteiger partial charge in [-0.1, -0.05) is 25.1 Å². The first kappa shape index (κ1) is 17.7. The Balaban J connectivity index is 2.14. The van der Waals surface area contributed by atoms with Crippen LogP contribution in [0.2, 0.25) is 0 Å². The fourth-order valence-corrected chi connectivity index (χ4v) is 2.85. The van der Waals surface area contributed by atoms with Gasteiger partial charge >= 0.3 is 0 Å². The lowest BCUT2D eigenvalue weighted by atomic mass is 9.87. The van der Waals surface area contributed by atoms with E-state index in [0.29, 0.717) is 19.6 Å². The smallest absolute Gasteiger partial charge is 0.123 e. The number of aliphatic hydroxyl groups is 1. The van der Waals surface area contributed by atoms with Gasteiger partial charge in [-0.15, -0.1) is 0 Å². The highest BCUT2D eigenvalue weighted by molar-refractivity contribution is 5.32. The molecule has 23 heavy (non-hydrogen) atoms. The summed E-state index contributed by atoms with van der Waals surface area (Å²) in [5, 5.41) is 10.4. The molecule has 126 valence electrons. The van der Waals surface area contributed by atoms with E-state index in [9.17, 15) is 9.50 Å². The van der Waals surface area contributed by atoms with Crippen molar-refractivity contribution in [2.75, 3.05) is 13.2 Å². The minimum atomic E-state index is -0.604. The molecule has 1 aromatic carbocycles. The molecule has 0 heterocycles. The van der Waals surface area contributed by atoms with E-state index in [1.165, 1.54) is 17.7 Å². The van der Waals surface area contributed by atoms with Gasteiger partial charge in [0.15, 0.2) is 0 Å². The van der Waals surface area contributed by atoms with E-state index in [1.807, 2.05) is 6.08 Å². The van der Waals surface area contributed by atoms with E-state index in [1.54, 1.807) is 18.2 Å². The van der Waals surface area contributed by atoms with Gasteiger partial charge in [-0.05, 0) is 61.6 Å². The molecule has 0 bridgehead atoms. The minimum Gasteiger partial charge on any atom is -0.494 e. The lowest BCUT2D eigenvalue weighted by Gasteiger charge is -2.21. The number of aliphatic hydroxyl groups excluding tert-OH is 1. The van der Waals surface area contributed by atoms with E-state index in [4.69, 9.17) is 10.5 Å². The van der Waals surface area contributed by atoms with Crippen LogP contribution in [0.25, 0.3) is 0 Å². The topological polar surface area (TPSA) is 55.5 Å². The van der Waals surface area contributed by atoms with Crippen molar-refractivity contribution in [1.82, 2.24) is 0 Å². The Morgan fingerprint density at radius 1 is 1.26 bits per heavy atom. The third-order valence-electron chi connectivity index (χ3n) is 4.25. The third kappa shape index (κ3) is 4.91. The zero-order valence-electron chi connectivity index (χ0n) is 13.7. The van der Waals surface area contributed by atoms with Gasteiger partial charge in [0.1, 0.15) is 11.6 Å². The summed E-state index contributed by atoms with van der Waals surface area (Å²) < 4.78 is 19.0. The summed E-state index contributed by atoms with van der Waals surface area (Å²) in [7, 11) is 0. The number of benzene rings is 1. The lowest BCUT2D eigenvalue weighted by molar-refractivity contribution is 0.189. The monoisotopic (exact) mass is 319 g/mol. The summed E-state index contributed by atoms with van der Waals surface area (Å²) in [5.41, 5.74) is 7.62.